The third-order valence-electron chi connectivity index (χ3n) is 5.69. The number of aliphatic hydroxyl groups excluding tert-OH is 2. The fourth-order valence-electron chi connectivity index (χ4n) is 3.77. The lowest BCUT2D eigenvalue weighted by Gasteiger charge is -2.24. The summed E-state index contributed by atoms with van der Waals surface area (Å²) in [6.07, 6.45) is -0.264. The lowest BCUT2D eigenvalue weighted by atomic mass is 9.86. The van der Waals surface area contributed by atoms with Crippen molar-refractivity contribution in [3.05, 3.63) is 70.3 Å². The Bertz CT molecular complexity index is 1160. The molecule has 1 amide bonds. The van der Waals surface area contributed by atoms with Crippen molar-refractivity contribution in [2.24, 2.45) is 0 Å². The zero-order chi connectivity index (χ0) is 28.7. The van der Waals surface area contributed by atoms with Crippen LogP contribution in [0.2, 0.25) is 0 Å². The normalized spacial score (nSPS) is 13.5. The van der Waals surface area contributed by atoms with Crippen LogP contribution in [0.5, 0.6) is 5.75 Å². The maximum atomic E-state index is 12.6. The van der Waals surface area contributed by atoms with Crippen LogP contribution in [0.4, 0.5) is 18.0 Å². The minimum Gasteiger partial charge on any atom is -0.444 e. The number of carbonyl (C=O) groups is 1. The molecule has 0 aromatic heterocycles. The van der Waals surface area contributed by atoms with Gasteiger partial charge in [0.05, 0.1) is 6.61 Å². The monoisotopic (exact) mass is 535 g/mol. The predicted molar refractivity (Wildman–Crippen MR) is 141 cm³/mol. The van der Waals surface area contributed by atoms with Crippen molar-refractivity contribution in [2.75, 3.05) is 6.61 Å². The molecular formula is C29H36F3NO5. The largest absolute Gasteiger partial charge is 0.573 e. The molecule has 1 unspecified atom stereocenters. The van der Waals surface area contributed by atoms with E-state index < -0.39 is 30.8 Å². The Hall–Kier alpha value is -3.30. The summed E-state index contributed by atoms with van der Waals surface area (Å²) in [5.74, 6) is -0.349. The van der Waals surface area contributed by atoms with Crippen molar-refractivity contribution >= 4 is 12.2 Å². The van der Waals surface area contributed by atoms with E-state index in [9.17, 15) is 28.2 Å². The average molecular weight is 536 g/mol. The Balaban J connectivity index is 2.66. The van der Waals surface area contributed by atoms with Crippen molar-refractivity contribution in [1.82, 2.24) is 5.32 Å². The maximum absolute atomic E-state index is 12.6. The van der Waals surface area contributed by atoms with Gasteiger partial charge in [0.1, 0.15) is 17.5 Å². The van der Waals surface area contributed by atoms with Crippen LogP contribution in [-0.4, -0.2) is 34.9 Å². The number of hydrogen-bond acceptors (Lipinski definition) is 5. The number of allylic oxidation sites excluding steroid dienone is 3. The number of rotatable bonds is 9. The molecule has 0 saturated carbocycles. The van der Waals surface area contributed by atoms with E-state index in [1.807, 2.05) is 39.0 Å². The van der Waals surface area contributed by atoms with Gasteiger partial charge in [-0.25, -0.2) is 4.79 Å². The fourth-order valence-corrected chi connectivity index (χ4v) is 3.77. The van der Waals surface area contributed by atoms with E-state index in [1.165, 1.54) is 24.3 Å². The number of amides is 1. The molecule has 0 aliphatic carbocycles. The molecule has 6 nitrogen and oxygen atoms in total. The Morgan fingerprint density at radius 3 is 2.32 bits per heavy atom. The molecule has 3 N–H and O–H groups in total. The third kappa shape index (κ3) is 9.22. The van der Waals surface area contributed by atoms with E-state index in [0.717, 1.165) is 17.6 Å². The molecule has 2 rings (SSSR count). The van der Waals surface area contributed by atoms with Gasteiger partial charge in [0.25, 0.3) is 0 Å². The Kier molecular flexibility index (Phi) is 10.6. The SMILES string of the molecule is CC/C(C)=C/C=C\c1c(C)c(-c2ccc(OC(F)(F)F)cc2)cc(CNC(=O)OC(C)(C)C)c1C(O)CO. The van der Waals surface area contributed by atoms with E-state index >= 15 is 0 Å². The highest BCUT2D eigenvalue weighted by Gasteiger charge is 2.31. The van der Waals surface area contributed by atoms with Crippen molar-refractivity contribution < 1.29 is 37.7 Å². The minimum absolute atomic E-state index is 0.0193. The number of nitrogens with one attached hydrogen (secondary N) is 1. The van der Waals surface area contributed by atoms with E-state index in [4.69, 9.17) is 4.74 Å². The van der Waals surface area contributed by atoms with Gasteiger partial charge in [0, 0.05) is 6.54 Å². The van der Waals surface area contributed by atoms with E-state index in [2.05, 4.69) is 10.1 Å². The summed E-state index contributed by atoms with van der Waals surface area (Å²) in [7, 11) is 0. The van der Waals surface area contributed by atoms with Crippen LogP contribution in [0.15, 0.2) is 48.1 Å². The molecule has 0 bridgehead atoms. The highest BCUT2D eigenvalue weighted by atomic mass is 19.4. The van der Waals surface area contributed by atoms with E-state index in [0.29, 0.717) is 27.8 Å². The van der Waals surface area contributed by atoms with Gasteiger partial charge >= 0.3 is 12.5 Å². The molecule has 208 valence electrons. The second-order valence-corrected chi connectivity index (χ2v) is 9.89. The number of alkyl carbamates (subject to hydrolysis) is 1. The molecule has 0 spiro atoms. The van der Waals surface area contributed by atoms with Gasteiger partial charge in [-0.05, 0) is 92.6 Å². The van der Waals surface area contributed by atoms with Gasteiger partial charge in [-0.1, -0.05) is 42.9 Å². The molecule has 9 heteroatoms. The van der Waals surface area contributed by atoms with Crippen molar-refractivity contribution in [3.63, 3.8) is 0 Å². The fraction of sp³-hybridized carbons (Fsp3) is 0.414. The van der Waals surface area contributed by atoms with Crippen LogP contribution in [0.1, 0.15) is 69.4 Å². The van der Waals surface area contributed by atoms with Gasteiger partial charge in [-0.15, -0.1) is 13.2 Å². The van der Waals surface area contributed by atoms with Crippen LogP contribution >= 0.6 is 0 Å². The first kappa shape index (κ1) is 30.9. The number of halogens is 3. The summed E-state index contributed by atoms with van der Waals surface area (Å²) in [5.41, 5.74) is 4.01. The molecule has 0 saturated heterocycles. The summed E-state index contributed by atoms with van der Waals surface area (Å²) < 4.78 is 47.2. The summed E-state index contributed by atoms with van der Waals surface area (Å²) in [5, 5.41) is 23.3. The standard InChI is InChI=1S/C29H36F3NO5/c1-7-18(2)9-8-10-23-19(3)24(20-11-13-22(14-12-20)37-29(30,31)32)15-21(26(23)25(35)17-34)16-33-27(36)38-28(4,5)6/h8-15,25,34-35H,7,16-17H2,1-6H3,(H,33,36)/b10-8-,18-9+. The predicted octanol–water partition coefficient (Wildman–Crippen LogP) is 6.98. The molecular weight excluding hydrogens is 499 g/mol. The number of aliphatic hydroxyl groups is 2. The van der Waals surface area contributed by atoms with Crippen molar-refractivity contribution in [3.8, 4) is 16.9 Å². The summed E-state index contributed by atoms with van der Waals surface area (Å²) >= 11 is 0. The summed E-state index contributed by atoms with van der Waals surface area (Å²) in [6.45, 7) is 10.5. The van der Waals surface area contributed by atoms with Gasteiger partial charge in [-0.3, -0.25) is 0 Å². The van der Waals surface area contributed by atoms with Gasteiger partial charge < -0.3 is 25.0 Å². The minimum atomic E-state index is -4.80. The zero-order valence-corrected chi connectivity index (χ0v) is 22.6. The first-order valence-corrected chi connectivity index (χ1v) is 12.3. The summed E-state index contributed by atoms with van der Waals surface area (Å²) in [6, 6.07) is 7.20. The highest BCUT2D eigenvalue weighted by molar-refractivity contribution is 5.77. The van der Waals surface area contributed by atoms with E-state index in [1.54, 1.807) is 26.8 Å². The quantitative estimate of drug-likeness (QED) is 0.302. The molecule has 1 atom stereocenters. The highest BCUT2D eigenvalue weighted by Crippen LogP contribution is 2.36. The van der Waals surface area contributed by atoms with Crippen LogP contribution in [0, 0.1) is 6.92 Å². The second kappa shape index (κ2) is 13.0. The first-order valence-electron chi connectivity index (χ1n) is 12.3. The lowest BCUT2D eigenvalue weighted by molar-refractivity contribution is -0.274. The van der Waals surface area contributed by atoms with Gasteiger partial charge in [0.15, 0.2) is 0 Å². The van der Waals surface area contributed by atoms with E-state index in [-0.39, 0.29) is 12.3 Å². The smallest absolute Gasteiger partial charge is 0.444 e. The van der Waals surface area contributed by atoms with Crippen LogP contribution in [0.3, 0.4) is 0 Å². The third-order valence-corrected chi connectivity index (χ3v) is 5.69. The second-order valence-electron chi connectivity index (χ2n) is 9.89. The van der Waals surface area contributed by atoms with Crippen LogP contribution in [-0.2, 0) is 11.3 Å². The van der Waals surface area contributed by atoms with Crippen molar-refractivity contribution in [1.29, 1.82) is 0 Å². The number of carbonyl (C=O) groups excluding carboxylic acids is 1. The molecule has 0 heterocycles. The average Bonchev–Trinajstić information content (AvgIpc) is 2.81. The zero-order valence-electron chi connectivity index (χ0n) is 22.6. The number of benzene rings is 2. The Morgan fingerprint density at radius 1 is 1.16 bits per heavy atom. The summed E-state index contributed by atoms with van der Waals surface area (Å²) in [4.78, 5) is 12.3. The molecule has 2 aromatic carbocycles. The van der Waals surface area contributed by atoms with Crippen LogP contribution < -0.4 is 10.1 Å². The molecule has 0 aliphatic rings. The van der Waals surface area contributed by atoms with Crippen LogP contribution in [0.25, 0.3) is 17.2 Å². The molecule has 0 fully saturated rings. The first-order chi connectivity index (χ1) is 17.6. The maximum Gasteiger partial charge on any atom is 0.573 e. The van der Waals surface area contributed by atoms with Gasteiger partial charge in [0.2, 0.25) is 0 Å². The molecule has 0 radical (unpaired) electrons. The van der Waals surface area contributed by atoms with Crippen molar-refractivity contribution in [2.45, 2.75) is 72.6 Å². The molecule has 0 aliphatic heterocycles. The molecule has 2 aromatic rings. The lowest BCUT2D eigenvalue weighted by Crippen LogP contribution is -2.32. The van der Waals surface area contributed by atoms with Gasteiger partial charge in [-0.2, -0.15) is 0 Å². The Morgan fingerprint density at radius 2 is 1.79 bits per heavy atom. The Labute approximate surface area is 221 Å². The molecule has 38 heavy (non-hydrogen) atoms. The number of ether oxygens (including phenoxy) is 2. The topological polar surface area (TPSA) is 88.0 Å². The number of alkyl halides is 3. The number of hydrogen-bond donors (Lipinski definition) is 3.